The number of benzene rings is 3. The van der Waals surface area contributed by atoms with Gasteiger partial charge in [-0.3, -0.25) is 5.32 Å². The number of alkyl carbamates (subject to hydrolysis) is 1. The maximum atomic E-state index is 14.3. The normalized spacial score (nSPS) is 13.2. The van der Waals surface area contributed by atoms with Crippen molar-refractivity contribution in [2.24, 2.45) is 0 Å². The minimum absolute atomic E-state index is 0.152. The summed E-state index contributed by atoms with van der Waals surface area (Å²) in [5.41, 5.74) is -2.19. The Bertz CT molecular complexity index is 919. The molecule has 0 spiro atoms. The molecule has 7 heteroatoms. The third-order valence-electron chi connectivity index (χ3n) is 4.24. The smallest absolute Gasteiger partial charge is 0.435 e. The summed E-state index contributed by atoms with van der Waals surface area (Å²) in [5.74, 6) is 0. The summed E-state index contributed by atoms with van der Waals surface area (Å²) in [6, 6.07) is 23.7. The number of carbonyl (C=O) groups is 1. The van der Waals surface area contributed by atoms with Gasteiger partial charge in [0, 0.05) is 11.3 Å². The predicted molar refractivity (Wildman–Crippen MR) is 104 cm³/mol. The molecule has 0 bridgehead atoms. The second-order valence-corrected chi connectivity index (χ2v) is 6.29. The monoisotopic (exact) mass is 400 g/mol. The van der Waals surface area contributed by atoms with Gasteiger partial charge in [0.15, 0.2) is 0 Å². The van der Waals surface area contributed by atoms with Crippen LogP contribution in [0, 0.1) is 0 Å². The first-order valence-corrected chi connectivity index (χ1v) is 8.85. The fourth-order valence-corrected chi connectivity index (χ4v) is 2.82. The summed E-state index contributed by atoms with van der Waals surface area (Å²) in [4.78, 5) is 12.4. The van der Waals surface area contributed by atoms with Crippen LogP contribution in [-0.4, -0.2) is 12.3 Å². The Labute approximate surface area is 166 Å². The van der Waals surface area contributed by atoms with E-state index in [9.17, 15) is 18.0 Å². The van der Waals surface area contributed by atoms with Crippen LogP contribution in [0.2, 0.25) is 0 Å². The molecule has 4 nitrogen and oxygen atoms in total. The topological polar surface area (TPSA) is 50.4 Å². The van der Waals surface area contributed by atoms with Gasteiger partial charge in [-0.2, -0.15) is 13.2 Å². The number of anilines is 1. The second kappa shape index (κ2) is 8.68. The molecule has 3 aromatic carbocycles. The highest BCUT2D eigenvalue weighted by molar-refractivity contribution is 5.70. The Hall–Kier alpha value is -3.48. The molecule has 1 amide bonds. The van der Waals surface area contributed by atoms with Gasteiger partial charge in [-0.25, -0.2) is 4.79 Å². The lowest BCUT2D eigenvalue weighted by atomic mass is 9.98. The zero-order chi connectivity index (χ0) is 20.7. The molecular weight excluding hydrogens is 381 g/mol. The van der Waals surface area contributed by atoms with Gasteiger partial charge in [0.1, 0.15) is 6.61 Å². The number of nitrogens with one attached hydrogen (secondary N) is 2. The van der Waals surface area contributed by atoms with Gasteiger partial charge < -0.3 is 10.1 Å². The van der Waals surface area contributed by atoms with Gasteiger partial charge in [0.05, 0.1) is 0 Å². The van der Waals surface area contributed by atoms with Gasteiger partial charge in [0.25, 0.3) is 0 Å². The van der Waals surface area contributed by atoms with E-state index in [0.29, 0.717) is 5.56 Å². The number of ether oxygens (including phenoxy) is 1. The van der Waals surface area contributed by atoms with Crippen LogP contribution in [0.25, 0.3) is 0 Å². The first kappa shape index (κ1) is 20.3. The fourth-order valence-electron chi connectivity index (χ4n) is 2.82. The number of carbonyl (C=O) groups excluding carboxylic acids is 1. The molecule has 1 atom stereocenters. The Morgan fingerprint density at radius 2 is 1.31 bits per heavy atom. The number of hydrogen-bond acceptors (Lipinski definition) is 3. The van der Waals surface area contributed by atoms with Crippen LogP contribution in [0.3, 0.4) is 0 Å². The molecule has 29 heavy (non-hydrogen) atoms. The molecule has 3 aromatic rings. The van der Waals surface area contributed by atoms with Gasteiger partial charge in [-0.05, 0) is 17.7 Å². The Morgan fingerprint density at radius 3 is 1.86 bits per heavy atom. The molecule has 0 saturated carbocycles. The first-order chi connectivity index (χ1) is 13.9. The standard InChI is InChI=1S/C22H19F3N2O2/c23-22(24,25)21(18-12-6-2-7-13-18,26-19-14-8-3-9-15-19)27-20(28)29-16-17-10-4-1-5-11-17/h1-15,26H,16H2,(H,27,28)/t21-/m1/s1. The largest absolute Gasteiger partial charge is 0.445 e. The van der Waals surface area contributed by atoms with Crippen LogP contribution in [0.5, 0.6) is 0 Å². The highest BCUT2D eigenvalue weighted by Crippen LogP contribution is 2.39. The molecule has 150 valence electrons. The predicted octanol–water partition coefficient (Wildman–Crippen LogP) is 5.44. The maximum absolute atomic E-state index is 14.3. The maximum Gasteiger partial charge on any atom is 0.435 e. The molecule has 0 aliphatic carbocycles. The van der Waals surface area contributed by atoms with Crippen molar-refractivity contribution in [3.05, 3.63) is 102 Å². The van der Waals surface area contributed by atoms with E-state index < -0.39 is 17.9 Å². The number of alkyl halides is 3. The van der Waals surface area contributed by atoms with Crippen molar-refractivity contribution in [1.29, 1.82) is 0 Å². The molecule has 0 fully saturated rings. The average molecular weight is 400 g/mol. The van der Waals surface area contributed by atoms with Crippen LogP contribution in [0.4, 0.5) is 23.7 Å². The van der Waals surface area contributed by atoms with Crippen LogP contribution in [0.1, 0.15) is 11.1 Å². The summed E-state index contributed by atoms with van der Waals surface area (Å²) < 4.78 is 48.1. The first-order valence-electron chi connectivity index (χ1n) is 8.85. The molecule has 2 N–H and O–H groups in total. The molecule has 0 unspecified atom stereocenters. The van der Waals surface area contributed by atoms with Crippen LogP contribution in [-0.2, 0) is 17.0 Å². The van der Waals surface area contributed by atoms with Crippen LogP contribution in [0.15, 0.2) is 91.0 Å². The number of amides is 1. The summed E-state index contributed by atoms with van der Waals surface area (Å²) in [7, 11) is 0. The molecule has 0 saturated heterocycles. The van der Waals surface area contributed by atoms with Gasteiger partial charge in [-0.15, -0.1) is 0 Å². The van der Waals surface area contributed by atoms with Crippen molar-refractivity contribution < 1.29 is 22.7 Å². The zero-order valence-electron chi connectivity index (χ0n) is 15.3. The quantitative estimate of drug-likeness (QED) is 0.542. The SMILES string of the molecule is O=C(N[C@](Nc1ccccc1)(c1ccccc1)C(F)(F)F)OCc1ccccc1. The van der Waals surface area contributed by atoms with E-state index in [2.05, 4.69) is 5.32 Å². The summed E-state index contributed by atoms with van der Waals surface area (Å²) in [6.45, 7) is -0.152. The Morgan fingerprint density at radius 1 is 0.793 bits per heavy atom. The molecule has 0 heterocycles. The highest BCUT2D eigenvalue weighted by Gasteiger charge is 2.58. The van der Waals surface area contributed by atoms with E-state index in [4.69, 9.17) is 4.74 Å². The molecule has 0 aliphatic heterocycles. The molecule has 0 aromatic heterocycles. The molecule has 0 radical (unpaired) electrons. The van der Waals surface area contributed by atoms with E-state index in [1.807, 2.05) is 5.32 Å². The Kier molecular flexibility index (Phi) is 6.07. The number of halogens is 3. The summed E-state index contributed by atoms with van der Waals surface area (Å²) in [6.07, 6.45) is -6.06. The lowest BCUT2D eigenvalue weighted by molar-refractivity contribution is -0.189. The fraction of sp³-hybridized carbons (Fsp3) is 0.136. The third-order valence-corrected chi connectivity index (χ3v) is 4.24. The van der Waals surface area contributed by atoms with Gasteiger partial charge >= 0.3 is 12.3 Å². The minimum Gasteiger partial charge on any atom is -0.445 e. The van der Waals surface area contributed by atoms with E-state index >= 15 is 0 Å². The summed E-state index contributed by atoms with van der Waals surface area (Å²) >= 11 is 0. The molecular formula is C22H19F3N2O2. The van der Waals surface area contributed by atoms with Gasteiger partial charge in [-0.1, -0.05) is 78.9 Å². The average Bonchev–Trinajstić information content (AvgIpc) is 2.73. The lowest BCUT2D eigenvalue weighted by Gasteiger charge is -2.38. The lowest BCUT2D eigenvalue weighted by Crippen LogP contribution is -2.61. The second-order valence-electron chi connectivity index (χ2n) is 6.29. The molecule has 0 aliphatic rings. The minimum atomic E-state index is -4.87. The zero-order valence-corrected chi connectivity index (χ0v) is 15.3. The number of hydrogen-bond donors (Lipinski definition) is 2. The van der Waals surface area contributed by atoms with Crippen molar-refractivity contribution in [1.82, 2.24) is 5.32 Å². The number of rotatable bonds is 6. The van der Waals surface area contributed by atoms with Gasteiger partial charge in [0.2, 0.25) is 5.66 Å². The summed E-state index contributed by atoms with van der Waals surface area (Å²) in [5, 5.41) is 4.45. The van der Waals surface area contributed by atoms with E-state index in [1.54, 1.807) is 54.6 Å². The van der Waals surface area contributed by atoms with Crippen molar-refractivity contribution in [3.63, 3.8) is 0 Å². The van der Waals surface area contributed by atoms with Crippen LogP contribution >= 0.6 is 0 Å². The number of para-hydroxylation sites is 1. The molecule has 3 rings (SSSR count). The van der Waals surface area contributed by atoms with Crippen molar-refractivity contribution in [3.8, 4) is 0 Å². The van der Waals surface area contributed by atoms with Crippen LogP contribution < -0.4 is 10.6 Å². The van der Waals surface area contributed by atoms with E-state index in [-0.39, 0.29) is 17.9 Å². The van der Waals surface area contributed by atoms with E-state index in [1.165, 1.54) is 36.4 Å². The van der Waals surface area contributed by atoms with Crippen molar-refractivity contribution in [2.45, 2.75) is 18.4 Å². The third kappa shape index (κ3) is 4.87. The van der Waals surface area contributed by atoms with Crippen molar-refractivity contribution in [2.75, 3.05) is 5.32 Å². The van der Waals surface area contributed by atoms with Crippen molar-refractivity contribution >= 4 is 11.8 Å². The highest BCUT2D eigenvalue weighted by atomic mass is 19.4. The Balaban J connectivity index is 1.91. The van der Waals surface area contributed by atoms with E-state index in [0.717, 1.165) is 0 Å².